The van der Waals surface area contributed by atoms with Crippen molar-refractivity contribution in [1.82, 2.24) is 20.4 Å². The highest BCUT2D eigenvalue weighted by Crippen LogP contribution is 2.34. The highest BCUT2D eigenvalue weighted by atomic mass is 32.2. The SMILES string of the molecule is CSc1nnc(NC(=O)c2nnc(N3CCCC[C@H]3c3ccccc3)o2)s1. The molecule has 0 spiro atoms. The molecule has 0 bridgehead atoms. The standard InChI is InChI=1S/C17H18N6O2S2/c1-26-17-22-20-15(27-17)18-13(24)14-19-21-16(25-14)23-10-6-5-9-12(23)11-7-3-2-4-8-11/h2-4,7-8,12H,5-6,9-10H2,1H3,(H,18,20,24)/t12-/m0/s1. The van der Waals surface area contributed by atoms with E-state index < -0.39 is 5.91 Å². The number of aromatic nitrogens is 4. The molecule has 1 N–H and O–H groups in total. The van der Waals surface area contributed by atoms with Crippen LogP contribution < -0.4 is 10.2 Å². The van der Waals surface area contributed by atoms with Gasteiger partial charge < -0.3 is 9.32 Å². The molecule has 0 aliphatic carbocycles. The summed E-state index contributed by atoms with van der Waals surface area (Å²) < 4.78 is 6.46. The van der Waals surface area contributed by atoms with Crippen LogP contribution >= 0.6 is 23.1 Å². The van der Waals surface area contributed by atoms with E-state index in [-0.39, 0.29) is 11.9 Å². The van der Waals surface area contributed by atoms with E-state index in [1.54, 1.807) is 0 Å². The summed E-state index contributed by atoms with van der Waals surface area (Å²) in [5.41, 5.74) is 1.21. The van der Waals surface area contributed by atoms with Crippen molar-refractivity contribution < 1.29 is 9.21 Å². The van der Waals surface area contributed by atoms with Gasteiger partial charge in [-0.1, -0.05) is 58.5 Å². The van der Waals surface area contributed by atoms with Crippen LogP contribution in [0.5, 0.6) is 0 Å². The van der Waals surface area contributed by atoms with E-state index in [1.165, 1.54) is 28.7 Å². The molecule has 0 radical (unpaired) electrons. The van der Waals surface area contributed by atoms with Crippen LogP contribution in [0.3, 0.4) is 0 Å². The first-order valence-electron chi connectivity index (χ1n) is 8.58. The number of carbonyl (C=O) groups is 1. The van der Waals surface area contributed by atoms with Crippen molar-refractivity contribution in [2.75, 3.05) is 23.0 Å². The van der Waals surface area contributed by atoms with Crippen LogP contribution in [-0.4, -0.2) is 39.1 Å². The van der Waals surface area contributed by atoms with Gasteiger partial charge in [0, 0.05) is 6.54 Å². The molecular formula is C17H18N6O2S2. The fourth-order valence-corrected chi connectivity index (χ4v) is 4.26. The molecule has 1 aliphatic rings. The maximum Gasteiger partial charge on any atom is 0.319 e. The number of carbonyl (C=O) groups excluding carboxylic acids is 1. The van der Waals surface area contributed by atoms with Gasteiger partial charge in [-0.15, -0.1) is 15.3 Å². The largest absolute Gasteiger partial charge is 0.399 e. The van der Waals surface area contributed by atoms with Gasteiger partial charge in [-0.05, 0) is 31.1 Å². The highest BCUT2D eigenvalue weighted by Gasteiger charge is 2.29. The average Bonchev–Trinajstić information content (AvgIpc) is 3.38. The first-order chi connectivity index (χ1) is 13.2. The number of benzene rings is 1. The topological polar surface area (TPSA) is 97.0 Å². The summed E-state index contributed by atoms with van der Waals surface area (Å²) in [4.78, 5) is 14.4. The second kappa shape index (κ2) is 8.05. The first kappa shape index (κ1) is 17.9. The Morgan fingerprint density at radius 2 is 2.07 bits per heavy atom. The van der Waals surface area contributed by atoms with Crippen molar-refractivity contribution in [3.63, 3.8) is 0 Å². The minimum Gasteiger partial charge on any atom is -0.399 e. The molecule has 1 saturated heterocycles. The highest BCUT2D eigenvalue weighted by molar-refractivity contribution is 8.00. The Labute approximate surface area is 164 Å². The molecule has 2 aromatic heterocycles. The fourth-order valence-electron chi connectivity index (χ4n) is 3.10. The van der Waals surface area contributed by atoms with Gasteiger partial charge >= 0.3 is 17.8 Å². The molecule has 0 saturated carbocycles. The number of hydrogen-bond acceptors (Lipinski definition) is 9. The Morgan fingerprint density at radius 3 is 2.85 bits per heavy atom. The van der Waals surface area contributed by atoms with E-state index in [9.17, 15) is 4.79 Å². The number of rotatable bonds is 5. The molecular weight excluding hydrogens is 384 g/mol. The zero-order valence-electron chi connectivity index (χ0n) is 14.7. The number of thioether (sulfide) groups is 1. The van der Waals surface area contributed by atoms with E-state index in [0.29, 0.717) is 11.1 Å². The lowest BCUT2D eigenvalue weighted by Crippen LogP contribution is -2.33. The monoisotopic (exact) mass is 402 g/mol. The molecule has 1 amide bonds. The van der Waals surface area contributed by atoms with Gasteiger partial charge in [0.15, 0.2) is 4.34 Å². The lowest BCUT2D eigenvalue weighted by Gasteiger charge is -2.34. The summed E-state index contributed by atoms with van der Waals surface area (Å²) in [5, 5.41) is 19.0. The number of hydrogen-bond donors (Lipinski definition) is 1. The molecule has 1 fully saturated rings. The van der Waals surface area contributed by atoms with E-state index in [2.05, 4.69) is 42.7 Å². The zero-order chi connectivity index (χ0) is 18.6. The van der Waals surface area contributed by atoms with Gasteiger partial charge in [0.2, 0.25) is 5.13 Å². The van der Waals surface area contributed by atoms with Gasteiger partial charge in [-0.25, -0.2) is 0 Å². The minimum absolute atomic E-state index is 0.0803. The summed E-state index contributed by atoms with van der Waals surface area (Å²) in [6.45, 7) is 0.816. The second-order valence-electron chi connectivity index (χ2n) is 6.04. The molecule has 10 heteroatoms. The van der Waals surface area contributed by atoms with Gasteiger partial charge in [0.25, 0.3) is 0 Å². The van der Waals surface area contributed by atoms with Gasteiger partial charge in [-0.2, -0.15) is 0 Å². The van der Waals surface area contributed by atoms with Crippen molar-refractivity contribution in [3.05, 3.63) is 41.8 Å². The Hall–Kier alpha value is -2.46. The Balaban J connectivity index is 1.51. The molecule has 27 heavy (non-hydrogen) atoms. The molecule has 1 atom stereocenters. The second-order valence-corrected chi connectivity index (χ2v) is 8.07. The molecule has 3 heterocycles. The first-order valence-corrected chi connectivity index (χ1v) is 10.6. The minimum atomic E-state index is -0.481. The average molecular weight is 403 g/mol. The maximum atomic E-state index is 12.4. The summed E-state index contributed by atoms with van der Waals surface area (Å²) in [5.74, 6) is -0.561. The number of nitrogens with one attached hydrogen (secondary N) is 1. The van der Waals surface area contributed by atoms with Crippen LogP contribution in [0.25, 0.3) is 0 Å². The van der Waals surface area contributed by atoms with Crippen LogP contribution in [0.4, 0.5) is 11.1 Å². The summed E-state index contributed by atoms with van der Waals surface area (Å²) in [6.07, 6.45) is 5.11. The maximum absolute atomic E-state index is 12.4. The molecule has 3 aromatic rings. The van der Waals surface area contributed by atoms with Crippen molar-refractivity contribution in [1.29, 1.82) is 0 Å². The van der Waals surface area contributed by atoms with Crippen molar-refractivity contribution in [3.8, 4) is 0 Å². The van der Waals surface area contributed by atoms with E-state index in [1.807, 2.05) is 24.5 Å². The smallest absolute Gasteiger partial charge is 0.319 e. The van der Waals surface area contributed by atoms with Crippen LogP contribution in [0.15, 0.2) is 39.1 Å². The Morgan fingerprint density at radius 1 is 1.22 bits per heavy atom. The van der Waals surface area contributed by atoms with E-state index >= 15 is 0 Å². The summed E-state index contributed by atoms with van der Waals surface area (Å²) in [7, 11) is 0. The summed E-state index contributed by atoms with van der Waals surface area (Å²) >= 11 is 2.77. The predicted molar refractivity (Wildman–Crippen MR) is 104 cm³/mol. The predicted octanol–water partition coefficient (Wildman–Crippen LogP) is 3.63. The third-order valence-electron chi connectivity index (χ3n) is 4.34. The summed E-state index contributed by atoms with van der Waals surface area (Å²) in [6, 6.07) is 10.8. The third kappa shape index (κ3) is 3.96. The molecule has 8 nitrogen and oxygen atoms in total. The third-order valence-corrected chi connectivity index (χ3v) is 6.16. The van der Waals surface area contributed by atoms with Crippen LogP contribution in [0, 0.1) is 0 Å². The zero-order valence-corrected chi connectivity index (χ0v) is 16.3. The molecule has 140 valence electrons. The van der Waals surface area contributed by atoms with E-state index in [0.717, 1.165) is 30.1 Å². The molecule has 4 rings (SSSR count). The lowest BCUT2D eigenvalue weighted by molar-refractivity contribution is 0.0990. The molecule has 0 unspecified atom stereocenters. The van der Waals surface area contributed by atoms with E-state index in [4.69, 9.17) is 4.42 Å². The van der Waals surface area contributed by atoms with Gasteiger partial charge in [-0.3, -0.25) is 10.1 Å². The molecule has 1 aromatic carbocycles. The number of piperidine rings is 1. The number of amides is 1. The van der Waals surface area contributed by atoms with Crippen molar-refractivity contribution in [2.24, 2.45) is 0 Å². The normalized spacial score (nSPS) is 17.1. The number of anilines is 2. The van der Waals surface area contributed by atoms with Crippen molar-refractivity contribution >= 4 is 40.2 Å². The quantitative estimate of drug-likeness (QED) is 0.510. The van der Waals surface area contributed by atoms with Crippen LogP contribution in [-0.2, 0) is 0 Å². The number of nitrogens with zero attached hydrogens (tertiary/aromatic N) is 5. The Bertz CT molecular complexity index is 913. The molecule has 1 aliphatic heterocycles. The Kier molecular flexibility index (Phi) is 5.35. The van der Waals surface area contributed by atoms with Gasteiger partial charge in [0.1, 0.15) is 0 Å². The fraction of sp³-hybridized carbons (Fsp3) is 0.353. The van der Waals surface area contributed by atoms with Gasteiger partial charge in [0.05, 0.1) is 6.04 Å². The van der Waals surface area contributed by atoms with Crippen LogP contribution in [0.2, 0.25) is 0 Å². The van der Waals surface area contributed by atoms with Crippen molar-refractivity contribution in [2.45, 2.75) is 29.6 Å². The lowest BCUT2D eigenvalue weighted by atomic mass is 9.96. The van der Waals surface area contributed by atoms with Crippen LogP contribution in [0.1, 0.15) is 41.6 Å².